The third kappa shape index (κ3) is 9.92. The molecule has 0 aliphatic rings. The van der Waals surface area contributed by atoms with Gasteiger partial charge in [0.05, 0.1) is 0 Å². The van der Waals surface area contributed by atoms with Crippen LogP contribution in [0, 0.1) is 11.3 Å². The molecule has 0 bridgehead atoms. The highest BCUT2D eigenvalue weighted by atomic mass is 14.2. The molecule has 0 radical (unpaired) electrons. The summed E-state index contributed by atoms with van der Waals surface area (Å²) in [7, 11) is 0. The van der Waals surface area contributed by atoms with Gasteiger partial charge in [-0.05, 0) is 17.8 Å². The second kappa shape index (κ2) is 6.45. The lowest BCUT2D eigenvalue weighted by atomic mass is 9.87. The molecular formula is C13H28. The van der Waals surface area contributed by atoms with E-state index in [4.69, 9.17) is 0 Å². The number of hydrogen-bond acceptors (Lipinski definition) is 0. The van der Waals surface area contributed by atoms with Crippen molar-refractivity contribution < 1.29 is 0 Å². The van der Waals surface area contributed by atoms with Crippen LogP contribution in [0.5, 0.6) is 0 Å². The summed E-state index contributed by atoms with van der Waals surface area (Å²) in [6, 6.07) is 0. The zero-order valence-corrected chi connectivity index (χ0v) is 10.3. The van der Waals surface area contributed by atoms with E-state index >= 15 is 0 Å². The molecule has 0 aromatic carbocycles. The normalized spacial score (nSPS) is 14.5. The van der Waals surface area contributed by atoms with Crippen LogP contribution in [-0.2, 0) is 0 Å². The van der Waals surface area contributed by atoms with Crippen LogP contribution < -0.4 is 0 Å². The van der Waals surface area contributed by atoms with Crippen LogP contribution in [0.3, 0.4) is 0 Å². The van der Waals surface area contributed by atoms with Crippen molar-refractivity contribution in [3.63, 3.8) is 0 Å². The van der Waals surface area contributed by atoms with Gasteiger partial charge < -0.3 is 0 Å². The van der Waals surface area contributed by atoms with E-state index in [1.165, 1.54) is 38.5 Å². The molecule has 0 saturated heterocycles. The molecule has 0 rings (SSSR count). The summed E-state index contributed by atoms with van der Waals surface area (Å²) in [6.45, 7) is 11.7. The Balaban J connectivity index is 3.31. The first kappa shape index (κ1) is 13.0. The van der Waals surface area contributed by atoms with Crippen LogP contribution >= 0.6 is 0 Å². The third-order valence-corrected chi connectivity index (χ3v) is 2.67. The maximum Gasteiger partial charge on any atom is -0.0383 e. The van der Waals surface area contributed by atoms with Crippen LogP contribution in [0.15, 0.2) is 0 Å². The standard InChI is InChI=1S/C13H28/c1-6-7-9-12(2)10-8-11-13(3,4)5/h12H,6-11H2,1-5H3. The van der Waals surface area contributed by atoms with Crippen molar-refractivity contribution in [1.82, 2.24) is 0 Å². The molecule has 1 unspecified atom stereocenters. The molecule has 0 aromatic heterocycles. The van der Waals surface area contributed by atoms with Gasteiger partial charge in [0.1, 0.15) is 0 Å². The van der Waals surface area contributed by atoms with E-state index in [0.29, 0.717) is 5.41 Å². The first-order chi connectivity index (χ1) is 5.95. The van der Waals surface area contributed by atoms with Gasteiger partial charge >= 0.3 is 0 Å². The third-order valence-electron chi connectivity index (χ3n) is 2.67. The van der Waals surface area contributed by atoms with Gasteiger partial charge in [-0.1, -0.05) is 66.7 Å². The van der Waals surface area contributed by atoms with Crippen molar-refractivity contribution in [2.45, 2.75) is 73.1 Å². The molecule has 13 heavy (non-hydrogen) atoms. The maximum atomic E-state index is 2.40. The maximum absolute atomic E-state index is 2.40. The van der Waals surface area contributed by atoms with E-state index in [1.807, 2.05) is 0 Å². The quantitative estimate of drug-likeness (QED) is 0.543. The van der Waals surface area contributed by atoms with Crippen LogP contribution in [0.1, 0.15) is 73.1 Å². The Morgan fingerprint density at radius 2 is 1.54 bits per heavy atom. The smallest absolute Gasteiger partial charge is 0.0383 e. The topological polar surface area (TPSA) is 0 Å². The van der Waals surface area contributed by atoms with Gasteiger partial charge in [0.15, 0.2) is 0 Å². The van der Waals surface area contributed by atoms with Crippen molar-refractivity contribution in [2.75, 3.05) is 0 Å². The molecule has 0 aromatic rings. The molecule has 1 atom stereocenters. The molecule has 0 aliphatic heterocycles. The number of hydrogen-bond donors (Lipinski definition) is 0. The summed E-state index contributed by atoms with van der Waals surface area (Å²) in [5.41, 5.74) is 0.532. The Hall–Kier alpha value is 0. The highest BCUT2D eigenvalue weighted by Crippen LogP contribution is 2.24. The predicted molar refractivity (Wildman–Crippen MR) is 62.0 cm³/mol. The lowest BCUT2D eigenvalue weighted by molar-refractivity contribution is 0.336. The Labute approximate surface area is 85.1 Å². The Morgan fingerprint density at radius 1 is 1.00 bits per heavy atom. The van der Waals surface area contributed by atoms with Crippen molar-refractivity contribution in [1.29, 1.82) is 0 Å². The summed E-state index contributed by atoms with van der Waals surface area (Å²) in [5.74, 6) is 0.947. The van der Waals surface area contributed by atoms with E-state index in [2.05, 4.69) is 34.6 Å². The molecule has 0 fully saturated rings. The first-order valence-corrected chi connectivity index (χ1v) is 5.95. The van der Waals surface area contributed by atoms with E-state index in [-0.39, 0.29) is 0 Å². The molecule has 0 nitrogen and oxygen atoms in total. The Bertz CT molecular complexity index is 108. The lowest BCUT2D eigenvalue weighted by Crippen LogP contribution is -2.05. The van der Waals surface area contributed by atoms with Gasteiger partial charge in [0.2, 0.25) is 0 Å². The van der Waals surface area contributed by atoms with Crippen molar-refractivity contribution >= 4 is 0 Å². The fourth-order valence-electron chi connectivity index (χ4n) is 1.68. The summed E-state index contributed by atoms with van der Waals surface area (Å²) >= 11 is 0. The van der Waals surface area contributed by atoms with Crippen LogP contribution in [0.4, 0.5) is 0 Å². The van der Waals surface area contributed by atoms with Gasteiger partial charge in [-0.2, -0.15) is 0 Å². The molecule has 0 aliphatic carbocycles. The molecule has 0 saturated carbocycles. The number of unbranched alkanes of at least 4 members (excludes halogenated alkanes) is 1. The van der Waals surface area contributed by atoms with E-state index in [9.17, 15) is 0 Å². The second-order valence-corrected chi connectivity index (χ2v) is 5.70. The largest absolute Gasteiger partial charge is 0.0654 e. The zero-order valence-electron chi connectivity index (χ0n) is 10.3. The average Bonchev–Trinajstić information content (AvgIpc) is 1.98. The Morgan fingerprint density at radius 3 is 2.00 bits per heavy atom. The van der Waals surface area contributed by atoms with E-state index in [1.54, 1.807) is 0 Å². The first-order valence-electron chi connectivity index (χ1n) is 5.95. The second-order valence-electron chi connectivity index (χ2n) is 5.70. The molecular weight excluding hydrogens is 156 g/mol. The minimum absolute atomic E-state index is 0.532. The van der Waals surface area contributed by atoms with Crippen LogP contribution in [0.25, 0.3) is 0 Å². The minimum atomic E-state index is 0.532. The van der Waals surface area contributed by atoms with Gasteiger partial charge in [0, 0.05) is 0 Å². The van der Waals surface area contributed by atoms with Crippen molar-refractivity contribution in [3.05, 3.63) is 0 Å². The van der Waals surface area contributed by atoms with Crippen LogP contribution in [-0.4, -0.2) is 0 Å². The fourth-order valence-corrected chi connectivity index (χ4v) is 1.68. The molecule has 0 heterocycles. The Kier molecular flexibility index (Phi) is 6.45. The fraction of sp³-hybridized carbons (Fsp3) is 1.00. The van der Waals surface area contributed by atoms with E-state index < -0.39 is 0 Å². The van der Waals surface area contributed by atoms with Crippen molar-refractivity contribution in [3.8, 4) is 0 Å². The summed E-state index contributed by atoms with van der Waals surface area (Å²) in [4.78, 5) is 0. The summed E-state index contributed by atoms with van der Waals surface area (Å²) in [5, 5.41) is 0. The number of rotatable bonds is 6. The van der Waals surface area contributed by atoms with Gasteiger partial charge in [-0.25, -0.2) is 0 Å². The summed E-state index contributed by atoms with van der Waals surface area (Å²) < 4.78 is 0. The highest BCUT2D eigenvalue weighted by Gasteiger charge is 2.10. The SMILES string of the molecule is CCCCC(C)CCCC(C)(C)C. The van der Waals surface area contributed by atoms with Gasteiger partial charge in [-0.15, -0.1) is 0 Å². The molecule has 0 spiro atoms. The minimum Gasteiger partial charge on any atom is -0.0654 e. The lowest BCUT2D eigenvalue weighted by Gasteiger charge is -2.19. The predicted octanol–water partition coefficient (Wildman–Crippen LogP) is 5.03. The molecule has 80 valence electrons. The molecule has 0 amide bonds. The molecule has 0 heteroatoms. The monoisotopic (exact) mass is 184 g/mol. The van der Waals surface area contributed by atoms with Crippen molar-refractivity contribution in [2.24, 2.45) is 11.3 Å². The van der Waals surface area contributed by atoms with E-state index in [0.717, 1.165) is 5.92 Å². The van der Waals surface area contributed by atoms with Crippen LogP contribution in [0.2, 0.25) is 0 Å². The summed E-state index contributed by atoms with van der Waals surface area (Å²) in [6.07, 6.45) is 8.41. The molecule has 0 N–H and O–H groups in total. The average molecular weight is 184 g/mol. The van der Waals surface area contributed by atoms with Gasteiger partial charge in [-0.3, -0.25) is 0 Å². The van der Waals surface area contributed by atoms with Gasteiger partial charge in [0.25, 0.3) is 0 Å². The highest BCUT2D eigenvalue weighted by molar-refractivity contribution is 4.62. The zero-order chi connectivity index (χ0) is 10.3.